The molecule has 0 aliphatic carbocycles. The highest BCUT2D eigenvalue weighted by atomic mass is 32.2. The van der Waals surface area contributed by atoms with E-state index in [1.165, 1.54) is 35.7 Å². The van der Waals surface area contributed by atoms with Gasteiger partial charge < -0.3 is 9.47 Å². The average molecular weight is 484 g/mol. The molecule has 2 heterocycles. The molecule has 1 fully saturated rings. The van der Waals surface area contributed by atoms with Gasteiger partial charge in [0, 0.05) is 18.7 Å². The minimum atomic E-state index is -3.57. The maximum absolute atomic E-state index is 12.8. The molecule has 1 aliphatic rings. The first kappa shape index (κ1) is 22.4. The van der Waals surface area contributed by atoms with Crippen LogP contribution in [0, 0.1) is 0 Å². The smallest absolute Gasteiger partial charge is 0.387 e. The second-order valence-corrected chi connectivity index (χ2v) is 9.93. The minimum absolute atomic E-state index is 0.0635. The summed E-state index contributed by atoms with van der Waals surface area (Å²) in [5.41, 5.74) is 0.597. The summed E-state index contributed by atoms with van der Waals surface area (Å²) in [5.74, 6) is -0.791. The maximum Gasteiger partial charge on any atom is 0.387 e. The Balaban J connectivity index is 1.56. The number of thiazole rings is 1. The summed E-state index contributed by atoms with van der Waals surface area (Å²) in [6, 6.07) is 8.53. The molecule has 1 aromatic heterocycles. The fraction of sp³-hybridized carbons (Fsp3) is 0.300. The van der Waals surface area contributed by atoms with Crippen LogP contribution in [0.25, 0.3) is 10.2 Å². The van der Waals surface area contributed by atoms with Crippen LogP contribution in [0.3, 0.4) is 0 Å². The number of amides is 1. The third-order valence-electron chi connectivity index (χ3n) is 4.93. The Bertz CT molecular complexity index is 1260. The molecule has 0 saturated carbocycles. The van der Waals surface area contributed by atoms with Crippen LogP contribution in [-0.4, -0.2) is 50.4 Å². The molecule has 1 aliphatic heterocycles. The number of nitrogens with one attached hydrogen (secondary N) is 1. The van der Waals surface area contributed by atoms with E-state index in [2.05, 4.69) is 15.0 Å². The van der Waals surface area contributed by atoms with Crippen molar-refractivity contribution in [3.63, 3.8) is 0 Å². The normalized spacial score (nSPS) is 14.8. The Morgan fingerprint density at radius 2 is 1.91 bits per heavy atom. The number of hydrogen-bond donors (Lipinski definition) is 1. The lowest BCUT2D eigenvalue weighted by molar-refractivity contribution is -0.0512. The largest absolute Gasteiger partial charge is 0.493 e. The van der Waals surface area contributed by atoms with Crippen LogP contribution in [0.5, 0.6) is 11.5 Å². The standard InChI is InChI=1S/C20H19F2N3O5S2/c1-29-15-7-4-12(10-16(15)30-19(21)22)18(26)24-20-23-14-6-5-13(11-17(14)31-20)32(27,28)25-8-2-3-9-25/h4-7,10-11,19H,2-3,8-9H2,1H3,(H,23,24,26). The van der Waals surface area contributed by atoms with E-state index in [1.807, 2.05) is 0 Å². The van der Waals surface area contributed by atoms with E-state index in [0.717, 1.165) is 30.2 Å². The van der Waals surface area contributed by atoms with Crippen molar-refractivity contribution in [2.45, 2.75) is 24.3 Å². The number of sulfonamides is 1. The first-order chi connectivity index (χ1) is 15.3. The molecule has 1 saturated heterocycles. The lowest BCUT2D eigenvalue weighted by Gasteiger charge is -2.15. The number of hydrogen-bond acceptors (Lipinski definition) is 7. The Morgan fingerprint density at radius 3 is 2.59 bits per heavy atom. The molecule has 1 amide bonds. The summed E-state index contributed by atoms with van der Waals surface area (Å²) in [5, 5.41) is 2.85. The molecule has 0 atom stereocenters. The van der Waals surface area contributed by atoms with Gasteiger partial charge in [0.05, 0.1) is 22.2 Å². The molecule has 4 rings (SSSR count). The van der Waals surface area contributed by atoms with Gasteiger partial charge in [-0.2, -0.15) is 13.1 Å². The zero-order valence-corrected chi connectivity index (χ0v) is 18.5. The molecule has 12 heteroatoms. The Morgan fingerprint density at radius 1 is 1.16 bits per heavy atom. The van der Waals surface area contributed by atoms with Gasteiger partial charge in [-0.25, -0.2) is 13.4 Å². The van der Waals surface area contributed by atoms with Crippen molar-refractivity contribution in [1.82, 2.24) is 9.29 Å². The number of methoxy groups -OCH3 is 1. The quantitative estimate of drug-likeness (QED) is 0.547. The number of carbonyl (C=O) groups excluding carboxylic acids is 1. The zero-order valence-electron chi connectivity index (χ0n) is 16.9. The van der Waals surface area contributed by atoms with E-state index >= 15 is 0 Å². The summed E-state index contributed by atoms with van der Waals surface area (Å²) < 4.78 is 62.2. The Kier molecular flexibility index (Phi) is 6.26. The molecule has 1 N–H and O–H groups in total. The summed E-state index contributed by atoms with van der Waals surface area (Å²) >= 11 is 1.11. The lowest BCUT2D eigenvalue weighted by Crippen LogP contribution is -2.27. The van der Waals surface area contributed by atoms with Gasteiger partial charge in [0.2, 0.25) is 10.0 Å². The molecule has 8 nitrogen and oxygen atoms in total. The first-order valence-electron chi connectivity index (χ1n) is 9.63. The molecule has 0 spiro atoms. The molecular weight excluding hydrogens is 464 g/mol. The van der Waals surface area contributed by atoms with Crippen molar-refractivity contribution in [1.29, 1.82) is 0 Å². The van der Waals surface area contributed by atoms with E-state index in [-0.39, 0.29) is 27.1 Å². The van der Waals surface area contributed by atoms with E-state index in [4.69, 9.17) is 4.74 Å². The second kappa shape index (κ2) is 8.96. The number of benzene rings is 2. The van der Waals surface area contributed by atoms with Gasteiger partial charge in [0.15, 0.2) is 16.6 Å². The number of nitrogens with zero attached hydrogens (tertiary/aromatic N) is 2. The topological polar surface area (TPSA) is 97.8 Å². The van der Waals surface area contributed by atoms with Crippen LogP contribution in [0.15, 0.2) is 41.3 Å². The molecule has 0 bridgehead atoms. The monoisotopic (exact) mass is 483 g/mol. The first-order valence-corrected chi connectivity index (χ1v) is 11.9. The van der Waals surface area contributed by atoms with Gasteiger partial charge >= 0.3 is 6.61 Å². The van der Waals surface area contributed by atoms with Crippen molar-refractivity contribution < 1.29 is 31.5 Å². The Hall–Kier alpha value is -2.83. The van der Waals surface area contributed by atoms with E-state index in [1.54, 1.807) is 6.07 Å². The summed E-state index contributed by atoms with van der Waals surface area (Å²) in [6.45, 7) is -2.06. The predicted molar refractivity (Wildman–Crippen MR) is 115 cm³/mol. The number of halogens is 2. The highest BCUT2D eigenvalue weighted by Gasteiger charge is 2.27. The van der Waals surface area contributed by atoms with Crippen LogP contribution < -0.4 is 14.8 Å². The highest BCUT2D eigenvalue weighted by Crippen LogP contribution is 2.32. The van der Waals surface area contributed by atoms with Crippen LogP contribution in [0.1, 0.15) is 23.2 Å². The number of rotatable bonds is 7. The number of fused-ring (bicyclic) bond motifs is 1. The SMILES string of the molecule is COc1ccc(C(=O)Nc2nc3ccc(S(=O)(=O)N4CCCC4)cc3s2)cc1OC(F)F. The summed E-state index contributed by atoms with van der Waals surface area (Å²) in [6.07, 6.45) is 1.68. The maximum atomic E-state index is 12.8. The van der Waals surface area contributed by atoms with Gasteiger partial charge in [0.1, 0.15) is 0 Å². The molecule has 2 aromatic carbocycles. The predicted octanol–water partition coefficient (Wildman–Crippen LogP) is 3.94. The average Bonchev–Trinajstić information content (AvgIpc) is 3.42. The van der Waals surface area contributed by atoms with E-state index in [0.29, 0.717) is 23.3 Å². The summed E-state index contributed by atoms with van der Waals surface area (Å²) in [7, 11) is -2.27. The number of carbonyl (C=O) groups is 1. The van der Waals surface area contributed by atoms with Crippen molar-refractivity contribution in [3.8, 4) is 11.5 Å². The van der Waals surface area contributed by atoms with Crippen LogP contribution in [0.4, 0.5) is 13.9 Å². The molecule has 0 radical (unpaired) electrons. The molecule has 0 unspecified atom stereocenters. The molecular formula is C20H19F2N3O5S2. The van der Waals surface area contributed by atoms with Crippen molar-refractivity contribution >= 4 is 42.6 Å². The highest BCUT2D eigenvalue weighted by molar-refractivity contribution is 7.89. The van der Waals surface area contributed by atoms with Gasteiger partial charge in [0.25, 0.3) is 5.91 Å². The Labute approximate surface area is 186 Å². The third-order valence-corrected chi connectivity index (χ3v) is 7.75. The third kappa shape index (κ3) is 4.52. The molecule has 3 aromatic rings. The fourth-order valence-electron chi connectivity index (χ4n) is 3.37. The second-order valence-electron chi connectivity index (χ2n) is 6.96. The van der Waals surface area contributed by atoms with Crippen LogP contribution in [0.2, 0.25) is 0 Å². The lowest BCUT2D eigenvalue weighted by atomic mass is 10.2. The van der Waals surface area contributed by atoms with Crippen molar-refractivity contribution in [3.05, 3.63) is 42.0 Å². The number of anilines is 1. The zero-order chi connectivity index (χ0) is 22.9. The van der Waals surface area contributed by atoms with E-state index < -0.39 is 22.5 Å². The van der Waals surface area contributed by atoms with Gasteiger partial charge in [-0.15, -0.1) is 0 Å². The number of alkyl halides is 2. The van der Waals surface area contributed by atoms with Gasteiger partial charge in [-0.1, -0.05) is 11.3 Å². The summed E-state index contributed by atoms with van der Waals surface area (Å²) in [4.78, 5) is 17.1. The molecule has 32 heavy (non-hydrogen) atoms. The van der Waals surface area contributed by atoms with Crippen molar-refractivity contribution in [2.24, 2.45) is 0 Å². The molecule has 170 valence electrons. The van der Waals surface area contributed by atoms with Crippen molar-refractivity contribution in [2.75, 3.05) is 25.5 Å². The van der Waals surface area contributed by atoms with Crippen LogP contribution >= 0.6 is 11.3 Å². The minimum Gasteiger partial charge on any atom is -0.493 e. The number of aromatic nitrogens is 1. The van der Waals surface area contributed by atoms with E-state index in [9.17, 15) is 22.0 Å². The fourth-order valence-corrected chi connectivity index (χ4v) is 5.89. The van der Waals surface area contributed by atoms with Crippen LogP contribution in [-0.2, 0) is 10.0 Å². The number of ether oxygens (including phenoxy) is 2. The van der Waals surface area contributed by atoms with Gasteiger partial charge in [-0.3, -0.25) is 10.1 Å². The van der Waals surface area contributed by atoms with Gasteiger partial charge in [-0.05, 0) is 49.2 Å².